The van der Waals surface area contributed by atoms with Crippen molar-refractivity contribution in [1.29, 1.82) is 0 Å². The van der Waals surface area contributed by atoms with Gasteiger partial charge in [0.15, 0.2) is 0 Å². The molecule has 2 aromatic heterocycles. The fourth-order valence-corrected chi connectivity index (χ4v) is 4.00. The van der Waals surface area contributed by atoms with Crippen molar-refractivity contribution in [1.82, 2.24) is 15.1 Å². The van der Waals surface area contributed by atoms with E-state index >= 15 is 0 Å². The van der Waals surface area contributed by atoms with Crippen LogP contribution < -0.4 is 15.4 Å². The highest BCUT2D eigenvalue weighted by Crippen LogP contribution is 2.32. The first-order chi connectivity index (χ1) is 14.7. The van der Waals surface area contributed by atoms with Gasteiger partial charge in [0.2, 0.25) is 11.7 Å². The van der Waals surface area contributed by atoms with Gasteiger partial charge < -0.3 is 19.9 Å². The molecule has 1 fully saturated rings. The van der Waals surface area contributed by atoms with E-state index in [0.29, 0.717) is 17.4 Å². The Morgan fingerprint density at radius 2 is 1.84 bits per heavy atom. The average molecular weight is 438 g/mol. The fourth-order valence-electron chi connectivity index (χ4n) is 4.00. The van der Waals surface area contributed by atoms with Crippen molar-refractivity contribution in [2.75, 3.05) is 30.8 Å². The second kappa shape index (κ2) is 8.81. The number of benzene rings is 2. The highest BCUT2D eigenvalue weighted by molar-refractivity contribution is 5.86. The van der Waals surface area contributed by atoms with E-state index in [4.69, 9.17) is 20.0 Å². The van der Waals surface area contributed by atoms with Crippen molar-refractivity contribution in [2.45, 2.75) is 18.8 Å². The minimum absolute atomic E-state index is 0. The summed E-state index contributed by atoms with van der Waals surface area (Å²) in [6.45, 7) is 1.77. The van der Waals surface area contributed by atoms with E-state index in [0.717, 1.165) is 54.0 Å². The molecule has 0 amide bonds. The van der Waals surface area contributed by atoms with Crippen molar-refractivity contribution in [3.8, 4) is 17.1 Å². The summed E-state index contributed by atoms with van der Waals surface area (Å²) in [4.78, 5) is 11.8. The van der Waals surface area contributed by atoms with E-state index in [9.17, 15) is 0 Å². The molecule has 8 heteroatoms. The lowest BCUT2D eigenvalue weighted by molar-refractivity contribution is 0.329. The van der Waals surface area contributed by atoms with Crippen LogP contribution in [0.2, 0.25) is 0 Å². The van der Waals surface area contributed by atoms with Gasteiger partial charge in [-0.3, -0.25) is 0 Å². The molecule has 160 valence electrons. The monoisotopic (exact) mass is 437 g/mol. The highest BCUT2D eigenvalue weighted by Gasteiger charge is 2.26. The number of rotatable bonds is 4. The molecule has 3 heterocycles. The minimum atomic E-state index is 0. The van der Waals surface area contributed by atoms with E-state index in [1.807, 2.05) is 42.5 Å². The van der Waals surface area contributed by atoms with Crippen LogP contribution in [-0.2, 0) is 0 Å². The number of nitrogen functional groups attached to an aromatic ring is 1. The average Bonchev–Trinajstić information content (AvgIpc) is 3.29. The number of anilines is 2. The van der Waals surface area contributed by atoms with Crippen LogP contribution in [0.1, 0.15) is 24.7 Å². The lowest BCUT2D eigenvalue weighted by Crippen LogP contribution is -2.33. The number of fused-ring (bicyclic) bond motifs is 1. The third-order valence-corrected chi connectivity index (χ3v) is 5.64. The normalized spacial score (nSPS) is 14.4. The summed E-state index contributed by atoms with van der Waals surface area (Å²) >= 11 is 0. The Kier molecular flexibility index (Phi) is 5.95. The number of aromatic nitrogens is 3. The van der Waals surface area contributed by atoms with Gasteiger partial charge in [0, 0.05) is 35.6 Å². The van der Waals surface area contributed by atoms with Gasteiger partial charge in [0.1, 0.15) is 17.1 Å². The second-order valence-electron chi connectivity index (χ2n) is 7.54. The first-order valence-electron chi connectivity index (χ1n) is 10.1. The van der Waals surface area contributed by atoms with Gasteiger partial charge >= 0.3 is 0 Å². The van der Waals surface area contributed by atoms with E-state index in [1.54, 1.807) is 7.11 Å². The fraction of sp³-hybridized carbons (Fsp3) is 0.261. The largest absolute Gasteiger partial charge is 0.494 e. The zero-order chi connectivity index (χ0) is 20.5. The molecule has 5 rings (SSSR count). The molecular weight excluding hydrogens is 414 g/mol. The molecule has 1 saturated heterocycles. The molecular formula is C23H24ClN5O2. The number of hydrogen-bond acceptors (Lipinski definition) is 7. The summed E-state index contributed by atoms with van der Waals surface area (Å²) in [5, 5.41) is 5.23. The summed E-state index contributed by atoms with van der Waals surface area (Å²) in [6.07, 6.45) is 1.87. The molecule has 31 heavy (non-hydrogen) atoms. The molecule has 0 unspecified atom stereocenters. The summed E-state index contributed by atoms with van der Waals surface area (Å²) in [5.74, 6) is 3.29. The van der Waals surface area contributed by atoms with Crippen LogP contribution in [0.3, 0.4) is 0 Å². The number of piperidine rings is 1. The van der Waals surface area contributed by atoms with Crippen LogP contribution in [0.4, 0.5) is 11.5 Å². The molecule has 0 saturated carbocycles. The molecule has 0 radical (unpaired) electrons. The predicted octanol–water partition coefficient (Wildman–Crippen LogP) is 4.68. The van der Waals surface area contributed by atoms with Gasteiger partial charge in [0.25, 0.3) is 0 Å². The third kappa shape index (κ3) is 4.14. The number of halogens is 1. The first kappa shape index (κ1) is 20.9. The third-order valence-electron chi connectivity index (χ3n) is 5.64. The smallest absolute Gasteiger partial charge is 0.230 e. The van der Waals surface area contributed by atoms with E-state index in [1.165, 1.54) is 0 Å². The predicted molar refractivity (Wildman–Crippen MR) is 124 cm³/mol. The number of methoxy groups -OCH3 is 1. The highest BCUT2D eigenvalue weighted by atomic mass is 35.5. The van der Waals surface area contributed by atoms with Gasteiger partial charge in [-0.2, -0.15) is 4.98 Å². The maximum atomic E-state index is 5.86. The second-order valence-corrected chi connectivity index (χ2v) is 7.54. The van der Waals surface area contributed by atoms with Crippen LogP contribution in [0.5, 0.6) is 5.75 Å². The number of nitrogens with two attached hydrogens (primary N) is 1. The summed E-state index contributed by atoms with van der Waals surface area (Å²) < 4.78 is 11.0. The number of hydrogen-bond donors (Lipinski definition) is 1. The van der Waals surface area contributed by atoms with Gasteiger partial charge in [0.05, 0.1) is 7.11 Å². The molecule has 2 N–H and O–H groups in total. The van der Waals surface area contributed by atoms with Crippen LogP contribution in [0.25, 0.3) is 22.3 Å². The lowest BCUT2D eigenvalue weighted by atomic mass is 9.96. The van der Waals surface area contributed by atoms with Gasteiger partial charge in [-0.25, -0.2) is 4.98 Å². The maximum absolute atomic E-state index is 5.86. The van der Waals surface area contributed by atoms with Crippen LogP contribution in [-0.4, -0.2) is 35.3 Å². The Balaban J connectivity index is 0.00000231. The molecule has 0 bridgehead atoms. The van der Waals surface area contributed by atoms with Crippen LogP contribution >= 0.6 is 12.4 Å². The summed E-state index contributed by atoms with van der Waals surface area (Å²) in [5.41, 5.74) is 8.31. The lowest BCUT2D eigenvalue weighted by Gasteiger charge is -2.31. The Morgan fingerprint density at radius 3 is 2.61 bits per heavy atom. The topological polar surface area (TPSA) is 90.3 Å². The number of para-hydroxylation sites is 1. The molecule has 4 aromatic rings. The van der Waals surface area contributed by atoms with Gasteiger partial charge in [-0.15, -0.1) is 12.4 Å². The number of ether oxygens (including phenoxy) is 1. The van der Waals surface area contributed by atoms with E-state index in [2.05, 4.69) is 27.2 Å². The van der Waals surface area contributed by atoms with E-state index in [-0.39, 0.29) is 18.3 Å². The van der Waals surface area contributed by atoms with Crippen molar-refractivity contribution >= 4 is 34.8 Å². The summed E-state index contributed by atoms with van der Waals surface area (Å²) in [7, 11) is 1.68. The Bertz CT molecular complexity index is 1190. The molecule has 2 aromatic carbocycles. The Hall–Kier alpha value is -3.32. The molecule has 0 atom stereocenters. The van der Waals surface area contributed by atoms with Crippen LogP contribution in [0.15, 0.2) is 59.1 Å². The molecule has 0 spiro atoms. The van der Waals surface area contributed by atoms with Crippen molar-refractivity contribution in [3.05, 3.63) is 60.5 Å². The maximum Gasteiger partial charge on any atom is 0.230 e. The van der Waals surface area contributed by atoms with Crippen molar-refractivity contribution in [3.63, 3.8) is 0 Å². The Morgan fingerprint density at radius 1 is 1.03 bits per heavy atom. The van der Waals surface area contributed by atoms with Crippen molar-refractivity contribution in [2.24, 2.45) is 0 Å². The molecule has 1 aliphatic rings. The number of pyridine rings is 1. The molecule has 0 aliphatic carbocycles. The van der Waals surface area contributed by atoms with Gasteiger partial charge in [-0.1, -0.05) is 29.4 Å². The van der Waals surface area contributed by atoms with Crippen LogP contribution in [0, 0.1) is 0 Å². The molecule has 1 aliphatic heterocycles. The van der Waals surface area contributed by atoms with E-state index < -0.39 is 0 Å². The van der Waals surface area contributed by atoms with Gasteiger partial charge in [-0.05, 0) is 43.2 Å². The SMILES string of the molecule is COc1cccc2ccc(N3CCC(c4nc(-c5cccc(N)c5)no4)CC3)nc12.Cl. The quantitative estimate of drug-likeness (QED) is 0.463. The minimum Gasteiger partial charge on any atom is -0.494 e. The zero-order valence-electron chi connectivity index (χ0n) is 17.2. The number of nitrogens with zero attached hydrogens (tertiary/aromatic N) is 4. The van der Waals surface area contributed by atoms with Crippen molar-refractivity contribution < 1.29 is 9.26 Å². The first-order valence-corrected chi connectivity index (χ1v) is 10.1. The standard InChI is InChI=1S/C23H23N5O2.ClH/c1-29-19-7-3-4-15-8-9-20(25-21(15)19)28-12-10-16(11-13-28)23-26-22(27-30-23)17-5-2-6-18(24)14-17;/h2-9,14,16H,10-13,24H2,1H3;1H. The molecule has 7 nitrogen and oxygen atoms in total. The Labute approximate surface area is 186 Å². The zero-order valence-corrected chi connectivity index (χ0v) is 18.0. The summed E-state index contributed by atoms with van der Waals surface area (Å²) in [6, 6.07) is 17.7.